The van der Waals surface area contributed by atoms with Crippen LogP contribution in [-0.2, 0) is 16.0 Å². The first kappa shape index (κ1) is 15.5. The Bertz CT molecular complexity index is 517. The molecule has 22 heavy (non-hydrogen) atoms. The van der Waals surface area contributed by atoms with Gasteiger partial charge in [0.15, 0.2) is 6.10 Å². The van der Waals surface area contributed by atoms with E-state index in [1.54, 1.807) is 0 Å². The Kier molecular flexibility index (Phi) is 5.11. The highest BCUT2D eigenvalue weighted by atomic mass is 16.5. The van der Waals surface area contributed by atoms with E-state index >= 15 is 0 Å². The van der Waals surface area contributed by atoms with Crippen molar-refractivity contribution >= 4 is 5.91 Å². The van der Waals surface area contributed by atoms with Gasteiger partial charge in [-0.05, 0) is 30.4 Å². The number of hydrogen-bond acceptors (Lipinski definition) is 3. The molecule has 0 radical (unpaired) electrons. The highest BCUT2D eigenvalue weighted by Crippen LogP contribution is 2.29. The number of nitrogens with one attached hydrogen (secondary N) is 1. The quantitative estimate of drug-likeness (QED) is 0.843. The molecular weight excluding hydrogens is 278 g/mol. The summed E-state index contributed by atoms with van der Waals surface area (Å²) in [6.07, 6.45) is 5.74. The first-order valence-electron chi connectivity index (χ1n) is 8.40. The summed E-state index contributed by atoms with van der Waals surface area (Å²) < 4.78 is 5.73. The summed E-state index contributed by atoms with van der Waals surface area (Å²) in [6, 6.07) is 8.08. The van der Waals surface area contributed by atoms with Crippen molar-refractivity contribution in [2.75, 3.05) is 13.2 Å². The Balaban J connectivity index is 1.71. The van der Waals surface area contributed by atoms with Crippen molar-refractivity contribution < 1.29 is 14.6 Å². The number of aliphatic hydroxyl groups is 1. The van der Waals surface area contributed by atoms with Gasteiger partial charge in [-0.25, -0.2) is 0 Å². The van der Waals surface area contributed by atoms with E-state index in [9.17, 15) is 9.90 Å². The maximum absolute atomic E-state index is 12.7. The zero-order chi connectivity index (χ0) is 15.4. The number of aliphatic hydroxyl groups excluding tert-OH is 1. The molecule has 3 atom stereocenters. The molecule has 1 aromatic rings. The standard InChI is InChI=1S/C18H25NO3/c20-12-14-7-2-1-3-9-16(14)19-18(21)17-15-8-5-4-6-13(15)10-11-22-17/h4-6,8,14,16-17,20H,1-3,7,9-12H2,(H,19,21). The van der Waals surface area contributed by atoms with E-state index in [1.165, 1.54) is 12.0 Å². The number of rotatable bonds is 3. The van der Waals surface area contributed by atoms with Gasteiger partial charge in [-0.3, -0.25) is 4.79 Å². The molecule has 120 valence electrons. The van der Waals surface area contributed by atoms with E-state index in [0.717, 1.165) is 37.7 Å². The maximum atomic E-state index is 12.7. The van der Waals surface area contributed by atoms with Gasteiger partial charge in [-0.15, -0.1) is 0 Å². The van der Waals surface area contributed by atoms with Crippen molar-refractivity contribution in [3.8, 4) is 0 Å². The number of ether oxygens (including phenoxy) is 1. The Morgan fingerprint density at radius 2 is 2.05 bits per heavy atom. The smallest absolute Gasteiger partial charge is 0.254 e. The maximum Gasteiger partial charge on any atom is 0.254 e. The molecule has 1 heterocycles. The third kappa shape index (κ3) is 3.33. The van der Waals surface area contributed by atoms with Crippen molar-refractivity contribution in [1.82, 2.24) is 5.32 Å². The van der Waals surface area contributed by atoms with Gasteiger partial charge in [0.05, 0.1) is 6.61 Å². The van der Waals surface area contributed by atoms with Crippen LogP contribution in [-0.4, -0.2) is 30.3 Å². The summed E-state index contributed by atoms with van der Waals surface area (Å²) in [6.45, 7) is 0.732. The van der Waals surface area contributed by atoms with Gasteiger partial charge < -0.3 is 15.2 Å². The van der Waals surface area contributed by atoms with Gasteiger partial charge in [0.1, 0.15) is 0 Å². The van der Waals surface area contributed by atoms with Crippen molar-refractivity contribution in [3.05, 3.63) is 35.4 Å². The van der Waals surface area contributed by atoms with Crippen LogP contribution in [0.1, 0.15) is 49.3 Å². The third-order valence-corrected chi connectivity index (χ3v) is 4.95. The van der Waals surface area contributed by atoms with Gasteiger partial charge in [0.2, 0.25) is 0 Å². The molecule has 3 rings (SSSR count). The molecule has 2 aliphatic rings. The predicted molar refractivity (Wildman–Crippen MR) is 84.4 cm³/mol. The van der Waals surface area contributed by atoms with Gasteiger partial charge in [-0.2, -0.15) is 0 Å². The second-order valence-corrected chi connectivity index (χ2v) is 6.40. The van der Waals surface area contributed by atoms with Crippen LogP contribution in [0, 0.1) is 5.92 Å². The second-order valence-electron chi connectivity index (χ2n) is 6.40. The molecule has 0 spiro atoms. The molecule has 1 saturated carbocycles. The molecule has 2 N–H and O–H groups in total. The van der Waals surface area contributed by atoms with Crippen LogP contribution in [0.2, 0.25) is 0 Å². The van der Waals surface area contributed by atoms with E-state index in [2.05, 4.69) is 11.4 Å². The minimum atomic E-state index is -0.507. The molecule has 0 aromatic heterocycles. The zero-order valence-electron chi connectivity index (χ0n) is 13.0. The Morgan fingerprint density at radius 3 is 2.91 bits per heavy atom. The highest BCUT2D eigenvalue weighted by Gasteiger charge is 2.31. The number of benzene rings is 1. The molecule has 1 amide bonds. The van der Waals surface area contributed by atoms with E-state index in [-0.39, 0.29) is 24.5 Å². The number of hydrogen-bond donors (Lipinski definition) is 2. The lowest BCUT2D eigenvalue weighted by molar-refractivity contribution is -0.135. The lowest BCUT2D eigenvalue weighted by Crippen LogP contribution is -2.44. The van der Waals surface area contributed by atoms with Crippen LogP contribution in [0.3, 0.4) is 0 Å². The number of carbonyl (C=O) groups excluding carboxylic acids is 1. The summed E-state index contributed by atoms with van der Waals surface area (Å²) >= 11 is 0. The third-order valence-electron chi connectivity index (χ3n) is 4.95. The monoisotopic (exact) mass is 303 g/mol. The molecule has 0 saturated heterocycles. The molecule has 3 unspecified atom stereocenters. The van der Waals surface area contributed by atoms with Crippen molar-refractivity contribution in [3.63, 3.8) is 0 Å². The molecule has 0 bridgehead atoms. The summed E-state index contributed by atoms with van der Waals surface area (Å²) in [7, 11) is 0. The van der Waals surface area contributed by atoms with Crippen LogP contribution in [0.5, 0.6) is 0 Å². The van der Waals surface area contributed by atoms with Crippen LogP contribution in [0.4, 0.5) is 0 Å². The van der Waals surface area contributed by atoms with E-state index in [0.29, 0.717) is 6.61 Å². The molecule has 1 aliphatic carbocycles. The Hall–Kier alpha value is -1.39. The van der Waals surface area contributed by atoms with Crippen molar-refractivity contribution in [2.24, 2.45) is 5.92 Å². The fourth-order valence-electron chi connectivity index (χ4n) is 3.66. The molecule has 1 fully saturated rings. The highest BCUT2D eigenvalue weighted by molar-refractivity contribution is 5.83. The van der Waals surface area contributed by atoms with Crippen LogP contribution < -0.4 is 5.32 Å². The van der Waals surface area contributed by atoms with E-state index in [1.807, 2.05) is 18.2 Å². The summed E-state index contributed by atoms with van der Waals surface area (Å²) in [5.41, 5.74) is 2.19. The fraction of sp³-hybridized carbons (Fsp3) is 0.611. The Labute approximate surface area is 131 Å². The van der Waals surface area contributed by atoms with Gasteiger partial charge in [0, 0.05) is 18.6 Å². The zero-order valence-corrected chi connectivity index (χ0v) is 13.0. The Morgan fingerprint density at radius 1 is 1.23 bits per heavy atom. The molecule has 4 nitrogen and oxygen atoms in total. The summed E-state index contributed by atoms with van der Waals surface area (Å²) in [5.74, 6) is 0.114. The summed E-state index contributed by atoms with van der Waals surface area (Å²) in [5, 5.41) is 12.7. The van der Waals surface area contributed by atoms with Gasteiger partial charge >= 0.3 is 0 Å². The first-order valence-corrected chi connectivity index (χ1v) is 8.40. The SMILES string of the molecule is O=C(NC1CCCCCC1CO)C1OCCc2ccccc21. The van der Waals surface area contributed by atoms with Crippen molar-refractivity contribution in [2.45, 2.75) is 50.7 Å². The van der Waals surface area contributed by atoms with Crippen LogP contribution in [0.25, 0.3) is 0 Å². The fourth-order valence-corrected chi connectivity index (χ4v) is 3.66. The van der Waals surface area contributed by atoms with Crippen LogP contribution in [0.15, 0.2) is 24.3 Å². The van der Waals surface area contributed by atoms with Gasteiger partial charge in [0.25, 0.3) is 5.91 Å². The average Bonchev–Trinajstić information content (AvgIpc) is 2.79. The number of carbonyl (C=O) groups is 1. The second kappa shape index (κ2) is 7.25. The molecule has 4 heteroatoms. The molecular formula is C18H25NO3. The largest absolute Gasteiger partial charge is 0.396 e. The molecule has 1 aromatic carbocycles. The first-order chi connectivity index (χ1) is 10.8. The lowest BCUT2D eigenvalue weighted by Gasteiger charge is -2.29. The van der Waals surface area contributed by atoms with Gasteiger partial charge in [-0.1, -0.05) is 43.5 Å². The van der Waals surface area contributed by atoms with Crippen molar-refractivity contribution in [1.29, 1.82) is 0 Å². The minimum Gasteiger partial charge on any atom is -0.396 e. The number of amides is 1. The van der Waals surface area contributed by atoms with Crippen LogP contribution >= 0.6 is 0 Å². The molecule has 1 aliphatic heterocycles. The van der Waals surface area contributed by atoms with E-state index in [4.69, 9.17) is 4.74 Å². The summed E-state index contributed by atoms with van der Waals surface area (Å²) in [4.78, 5) is 12.7. The van der Waals surface area contributed by atoms with E-state index < -0.39 is 6.10 Å². The lowest BCUT2D eigenvalue weighted by atomic mass is 9.93. The normalized spacial score (nSPS) is 28.5. The minimum absolute atomic E-state index is 0.0579. The number of fused-ring (bicyclic) bond motifs is 1. The predicted octanol–water partition coefficient (Wildman–Crippen LogP) is 2.36. The topological polar surface area (TPSA) is 58.6 Å². The average molecular weight is 303 g/mol.